The quantitative estimate of drug-likeness (QED) is 0.360. The highest BCUT2D eigenvalue weighted by molar-refractivity contribution is 6.00. The number of nitrogens with zero attached hydrogens (tertiary/aromatic N) is 3. The van der Waals surface area contributed by atoms with Crippen LogP contribution in [0.3, 0.4) is 0 Å². The number of amides is 1. The zero-order valence-corrected chi connectivity index (χ0v) is 18.8. The molecule has 0 aliphatic carbocycles. The summed E-state index contributed by atoms with van der Waals surface area (Å²) in [6.45, 7) is 5.67. The Kier molecular flexibility index (Phi) is 6.42. The van der Waals surface area contributed by atoms with E-state index < -0.39 is 5.82 Å². The largest absolute Gasteiger partial charge is 0.369 e. The fraction of sp³-hybridized carbons (Fsp3) is 0.154. The third-order valence-electron chi connectivity index (χ3n) is 5.61. The zero-order chi connectivity index (χ0) is 24.2. The second kappa shape index (κ2) is 9.96. The van der Waals surface area contributed by atoms with E-state index in [1.165, 1.54) is 12.1 Å². The van der Waals surface area contributed by atoms with Gasteiger partial charge in [0.05, 0.1) is 29.7 Å². The number of hydrogen-bond donors (Lipinski definition) is 3. The number of aromatic nitrogens is 3. The van der Waals surface area contributed by atoms with Crippen molar-refractivity contribution in [1.29, 1.82) is 0 Å². The van der Waals surface area contributed by atoms with Gasteiger partial charge in [0.2, 0.25) is 11.9 Å². The minimum absolute atomic E-state index is 0.0766. The summed E-state index contributed by atoms with van der Waals surface area (Å²) in [5.74, 6) is -0.465. The second-order valence-electron chi connectivity index (χ2n) is 7.99. The molecule has 4 aromatic rings. The van der Waals surface area contributed by atoms with Crippen molar-refractivity contribution in [2.75, 3.05) is 30.3 Å². The standard InChI is InChI=1S/C26H23FN6O2/c1-2-23(34)31-18-5-3-4-16(12-18)24-20(27)8-6-17-13-30-26(33-25(17)24)32-19-7-9-21(29-14-19)22-15-28-10-11-35-22/h2-9,12-14,22,28H,1,10-11,15H2,(H,31,34)(H,30,32,33). The summed E-state index contributed by atoms with van der Waals surface area (Å²) in [7, 11) is 0. The van der Waals surface area contributed by atoms with Gasteiger partial charge in [0.25, 0.3) is 0 Å². The molecular formula is C26H23FN6O2. The monoisotopic (exact) mass is 470 g/mol. The summed E-state index contributed by atoms with van der Waals surface area (Å²) in [6.07, 6.45) is 4.43. The van der Waals surface area contributed by atoms with Gasteiger partial charge in [0, 0.05) is 35.9 Å². The first-order chi connectivity index (χ1) is 17.1. The van der Waals surface area contributed by atoms with Gasteiger partial charge in [-0.25, -0.2) is 14.4 Å². The van der Waals surface area contributed by atoms with Crippen molar-refractivity contribution in [2.45, 2.75) is 6.10 Å². The number of ether oxygens (including phenoxy) is 1. The molecule has 0 spiro atoms. The van der Waals surface area contributed by atoms with Gasteiger partial charge in [0.1, 0.15) is 11.9 Å². The minimum Gasteiger partial charge on any atom is -0.369 e. The van der Waals surface area contributed by atoms with Crippen LogP contribution in [0.2, 0.25) is 0 Å². The fourth-order valence-electron chi connectivity index (χ4n) is 3.91. The average Bonchev–Trinajstić information content (AvgIpc) is 2.89. The lowest BCUT2D eigenvalue weighted by Gasteiger charge is -2.23. The molecule has 2 aromatic carbocycles. The number of anilines is 3. The summed E-state index contributed by atoms with van der Waals surface area (Å²) >= 11 is 0. The SMILES string of the molecule is C=CC(=O)Nc1cccc(-c2c(F)ccc3cnc(Nc4ccc(C5CNCCO5)nc4)nc23)c1. The Morgan fingerprint density at radius 2 is 2.06 bits per heavy atom. The van der Waals surface area contributed by atoms with Gasteiger partial charge in [-0.3, -0.25) is 9.78 Å². The van der Waals surface area contributed by atoms with Gasteiger partial charge in [-0.2, -0.15) is 0 Å². The lowest BCUT2D eigenvalue weighted by atomic mass is 10.0. The van der Waals surface area contributed by atoms with Gasteiger partial charge in [-0.15, -0.1) is 0 Å². The maximum atomic E-state index is 15.0. The second-order valence-corrected chi connectivity index (χ2v) is 7.99. The maximum Gasteiger partial charge on any atom is 0.247 e. The van der Waals surface area contributed by atoms with Crippen LogP contribution in [0.15, 0.2) is 73.6 Å². The third-order valence-corrected chi connectivity index (χ3v) is 5.61. The number of nitrogens with one attached hydrogen (secondary N) is 3. The molecule has 9 heteroatoms. The maximum absolute atomic E-state index is 15.0. The third kappa shape index (κ3) is 5.01. The molecule has 8 nitrogen and oxygen atoms in total. The highest BCUT2D eigenvalue weighted by Gasteiger charge is 2.17. The molecule has 5 rings (SSSR count). The normalized spacial score (nSPS) is 15.5. The molecule has 3 heterocycles. The van der Waals surface area contributed by atoms with E-state index in [1.807, 2.05) is 12.1 Å². The molecule has 1 fully saturated rings. The fourth-order valence-corrected chi connectivity index (χ4v) is 3.91. The number of pyridine rings is 1. The van der Waals surface area contributed by atoms with Gasteiger partial charge in [0.15, 0.2) is 0 Å². The van der Waals surface area contributed by atoms with Crippen molar-refractivity contribution < 1.29 is 13.9 Å². The first kappa shape index (κ1) is 22.6. The number of fused-ring (bicyclic) bond motifs is 1. The number of hydrogen-bond acceptors (Lipinski definition) is 7. The van der Waals surface area contributed by atoms with Gasteiger partial charge in [-0.05, 0) is 48.0 Å². The minimum atomic E-state index is -0.429. The molecule has 0 bridgehead atoms. The number of carbonyl (C=O) groups is 1. The van der Waals surface area contributed by atoms with E-state index in [0.717, 1.165) is 18.8 Å². The number of benzene rings is 2. The topological polar surface area (TPSA) is 101 Å². The molecule has 1 aliphatic rings. The molecule has 1 unspecified atom stereocenters. The molecule has 0 saturated carbocycles. The first-order valence-electron chi connectivity index (χ1n) is 11.1. The van der Waals surface area contributed by atoms with Crippen LogP contribution in [0.4, 0.5) is 21.7 Å². The van der Waals surface area contributed by atoms with Crippen LogP contribution in [0.1, 0.15) is 11.8 Å². The van der Waals surface area contributed by atoms with E-state index in [4.69, 9.17) is 4.74 Å². The Morgan fingerprint density at radius 3 is 2.83 bits per heavy atom. The smallest absolute Gasteiger partial charge is 0.247 e. The molecule has 0 radical (unpaired) electrons. The average molecular weight is 471 g/mol. The van der Waals surface area contributed by atoms with Crippen molar-refractivity contribution in [1.82, 2.24) is 20.3 Å². The summed E-state index contributed by atoms with van der Waals surface area (Å²) in [4.78, 5) is 25.2. The zero-order valence-electron chi connectivity index (χ0n) is 18.8. The Morgan fingerprint density at radius 1 is 1.14 bits per heavy atom. The van der Waals surface area contributed by atoms with Crippen LogP contribution in [-0.4, -0.2) is 40.6 Å². The van der Waals surface area contributed by atoms with Gasteiger partial charge >= 0.3 is 0 Å². The molecule has 176 valence electrons. The summed E-state index contributed by atoms with van der Waals surface area (Å²) < 4.78 is 20.8. The Labute approximate surface area is 201 Å². The Bertz CT molecular complexity index is 1390. The molecule has 1 saturated heterocycles. The van der Waals surface area contributed by atoms with E-state index in [1.54, 1.807) is 42.7 Å². The van der Waals surface area contributed by atoms with Crippen molar-refractivity contribution in [3.63, 3.8) is 0 Å². The summed E-state index contributed by atoms with van der Waals surface area (Å²) in [6, 6.07) is 13.7. The predicted molar refractivity (Wildman–Crippen MR) is 133 cm³/mol. The molecular weight excluding hydrogens is 447 g/mol. The van der Waals surface area contributed by atoms with Crippen LogP contribution in [0.25, 0.3) is 22.0 Å². The lowest BCUT2D eigenvalue weighted by molar-refractivity contribution is -0.111. The number of rotatable bonds is 6. The molecule has 3 N–H and O–H groups in total. The molecule has 2 aromatic heterocycles. The van der Waals surface area contributed by atoms with E-state index in [2.05, 4.69) is 37.5 Å². The highest BCUT2D eigenvalue weighted by Crippen LogP contribution is 2.32. The van der Waals surface area contributed by atoms with E-state index in [9.17, 15) is 4.79 Å². The first-order valence-corrected chi connectivity index (χ1v) is 11.1. The summed E-state index contributed by atoms with van der Waals surface area (Å²) in [5.41, 5.74) is 3.41. The predicted octanol–water partition coefficient (Wildman–Crippen LogP) is 4.36. The Balaban J connectivity index is 1.45. The van der Waals surface area contributed by atoms with Crippen LogP contribution in [0.5, 0.6) is 0 Å². The number of carbonyl (C=O) groups excluding carboxylic acids is 1. The van der Waals surface area contributed by atoms with Gasteiger partial charge in [-0.1, -0.05) is 18.7 Å². The van der Waals surface area contributed by atoms with Crippen molar-refractivity contribution in [2.24, 2.45) is 0 Å². The van der Waals surface area contributed by atoms with Crippen LogP contribution >= 0.6 is 0 Å². The van der Waals surface area contributed by atoms with Crippen LogP contribution in [-0.2, 0) is 9.53 Å². The molecule has 35 heavy (non-hydrogen) atoms. The highest BCUT2D eigenvalue weighted by atomic mass is 19.1. The van der Waals surface area contributed by atoms with Crippen molar-refractivity contribution in [3.05, 3.63) is 85.1 Å². The number of halogens is 1. The van der Waals surface area contributed by atoms with E-state index >= 15 is 4.39 Å². The van der Waals surface area contributed by atoms with Gasteiger partial charge < -0.3 is 20.7 Å². The van der Waals surface area contributed by atoms with Crippen molar-refractivity contribution in [3.8, 4) is 11.1 Å². The lowest BCUT2D eigenvalue weighted by Crippen LogP contribution is -2.33. The van der Waals surface area contributed by atoms with E-state index in [0.29, 0.717) is 46.0 Å². The van der Waals surface area contributed by atoms with Crippen LogP contribution in [0, 0.1) is 5.82 Å². The van der Waals surface area contributed by atoms with Crippen molar-refractivity contribution >= 4 is 34.1 Å². The molecule has 1 atom stereocenters. The Hall–Kier alpha value is -4.21. The van der Waals surface area contributed by atoms with Crippen LogP contribution < -0.4 is 16.0 Å². The van der Waals surface area contributed by atoms with E-state index in [-0.39, 0.29) is 12.0 Å². The summed E-state index contributed by atoms with van der Waals surface area (Å²) in [5, 5.41) is 9.81. The molecule has 1 amide bonds. The molecule has 1 aliphatic heterocycles. The number of morpholine rings is 1.